The minimum atomic E-state index is 0.484. The van der Waals surface area contributed by atoms with Crippen molar-refractivity contribution in [2.24, 2.45) is 0 Å². The molecule has 2 aromatic heterocycles. The fourth-order valence-corrected chi connectivity index (χ4v) is 4.11. The Kier molecular flexibility index (Phi) is 4.85. The van der Waals surface area contributed by atoms with Crippen LogP contribution in [0.2, 0.25) is 0 Å². The normalized spacial score (nSPS) is 15.4. The average Bonchev–Trinajstić information content (AvgIpc) is 2.96. The van der Waals surface area contributed by atoms with Gasteiger partial charge in [0, 0.05) is 43.3 Å². The number of piperazine rings is 1. The monoisotopic (exact) mass is 380 g/mol. The van der Waals surface area contributed by atoms with Crippen LogP contribution in [0.4, 0.5) is 11.6 Å². The highest BCUT2D eigenvalue weighted by molar-refractivity contribution is 6.02. The number of nitrogens with two attached hydrogens (primary N) is 1. The van der Waals surface area contributed by atoms with Gasteiger partial charge in [-0.3, -0.25) is 0 Å². The van der Waals surface area contributed by atoms with Gasteiger partial charge in [-0.25, -0.2) is 0 Å². The van der Waals surface area contributed by atoms with Crippen molar-refractivity contribution in [3.8, 4) is 11.4 Å². The van der Waals surface area contributed by atoms with Gasteiger partial charge < -0.3 is 24.8 Å². The number of nitrogens with zero attached hydrogens (tertiary/aromatic N) is 5. The predicted octanol–water partition coefficient (Wildman–Crippen LogP) is 2.77. The van der Waals surface area contributed by atoms with E-state index in [0.717, 1.165) is 65.6 Å². The molecule has 0 spiro atoms. The van der Waals surface area contributed by atoms with Crippen molar-refractivity contribution < 1.29 is 4.74 Å². The van der Waals surface area contributed by atoms with E-state index in [1.807, 2.05) is 19.1 Å². The summed E-state index contributed by atoms with van der Waals surface area (Å²) in [6.45, 7) is 10.8. The molecule has 0 amide bonds. The van der Waals surface area contributed by atoms with Crippen molar-refractivity contribution in [3.05, 3.63) is 35.7 Å². The van der Waals surface area contributed by atoms with Crippen molar-refractivity contribution in [3.63, 3.8) is 0 Å². The van der Waals surface area contributed by atoms with Crippen LogP contribution in [0.25, 0.3) is 16.5 Å². The third-order valence-electron chi connectivity index (χ3n) is 5.59. The second-order valence-corrected chi connectivity index (χ2v) is 7.38. The van der Waals surface area contributed by atoms with Crippen LogP contribution >= 0.6 is 0 Å². The molecular weight excluding hydrogens is 352 g/mol. The molecule has 7 heteroatoms. The standard InChI is InChI=1S/C21H28N6O/c1-5-28-17-8-6-16(7-9-17)27-14(2)18-19(15(27)3)21(24-23-20(18)22)26-12-10-25(4)11-13-26/h6-9H,5,10-13H2,1-4H3,(H2,22,23). The largest absolute Gasteiger partial charge is 0.494 e. The van der Waals surface area contributed by atoms with Crippen LogP contribution in [0.5, 0.6) is 5.75 Å². The Morgan fingerprint density at radius 3 is 2.25 bits per heavy atom. The van der Waals surface area contributed by atoms with Crippen molar-refractivity contribution >= 4 is 22.4 Å². The first kappa shape index (κ1) is 18.6. The summed E-state index contributed by atoms with van der Waals surface area (Å²) in [6.07, 6.45) is 0. The van der Waals surface area contributed by atoms with Gasteiger partial charge in [-0.1, -0.05) is 0 Å². The van der Waals surface area contributed by atoms with Gasteiger partial charge in [-0.05, 0) is 52.1 Å². The highest BCUT2D eigenvalue weighted by Gasteiger charge is 2.24. The quantitative estimate of drug-likeness (QED) is 0.750. The molecule has 148 valence electrons. The first-order valence-electron chi connectivity index (χ1n) is 9.81. The average molecular weight is 380 g/mol. The lowest BCUT2D eigenvalue weighted by molar-refractivity contribution is 0.312. The Morgan fingerprint density at radius 1 is 0.964 bits per heavy atom. The van der Waals surface area contributed by atoms with Gasteiger partial charge in [0.15, 0.2) is 11.6 Å². The molecule has 0 unspecified atom stereocenters. The molecule has 0 bridgehead atoms. The highest BCUT2D eigenvalue weighted by Crippen LogP contribution is 2.37. The molecule has 1 fully saturated rings. The maximum absolute atomic E-state index is 6.27. The van der Waals surface area contributed by atoms with E-state index in [0.29, 0.717) is 12.4 Å². The third-order valence-corrected chi connectivity index (χ3v) is 5.59. The molecule has 3 heterocycles. The third kappa shape index (κ3) is 3.05. The topological polar surface area (TPSA) is 72.4 Å². The molecule has 1 saturated heterocycles. The fourth-order valence-electron chi connectivity index (χ4n) is 4.11. The van der Waals surface area contributed by atoms with Crippen molar-refractivity contribution in [2.75, 3.05) is 50.5 Å². The van der Waals surface area contributed by atoms with E-state index in [4.69, 9.17) is 10.5 Å². The van der Waals surface area contributed by atoms with Crippen molar-refractivity contribution in [2.45, 2.75) is 20.8 Å². The van der Waals surface area contributed by atoms with Gasteiger partial charge in [0.1, 0.15) is 5.75 Å². The van der Waals surface area contributed by atoms with E-state index in [1.165, 1.54) is 0 Å². The molecule has 3 aromatic rings. The van der Waals surface area contributed by atoms with Crippen molar-refractivity contribution in [1.82, 2.24) is 19.7 Å². The molecule has 1 aliphatic heterocycles. The van der Waals surface area contributed by atoms with Gasteiger partial charge in [-0.15, -0.1) is 10.2 Å². The van der Waals surface area contributed by atoms with Gasteiger partial charge in [0.25, 0.3) is 0 Å². The molecule has 0 atom stereocenters. The van der Waals surface area contributed by atoms with Crippen LogP contribution in [0.15, 0.2) is 24.3 Å². The number of anilines is 2. The minimum Gasteiger partial charge on any atom is -0.494 e. The second kappa shape index (κ2) is 7.31. The first-order valence-corrected chi connectivity index (χ1v) is 9.81. The number of aromatic nitrogens is 3. The van der Waals surface area contributed by atoms with Crippen LogP contribution in [0.1, 0.15) is 18.3 Å². The zero-order valence-corrected chi connectivity index (χ0v) is 17.1. The Bertz CT molecular complexity index is 987. The second-order valence-electron chi connectivity index (χ2n) is 7.38. The van der Waals surface area contributed by atoms with Gasteiger partial charge in [0.2, 0.25) is 0 Å². The molecule has 0 aliphatic carbocycles. The van der Waals surface area contributed by atoms with Crippen molar-refractivity contribution in [1.29, 1.82) is 0 Å². The van der Waals surface area contributed by atoms with Gasteiger partial charge in [-0.2, -0.15) is 0 Å². The zero-order chi connectivity index (χ0) is 19.8. The van der Waals surface area contributed by atoms with E-state index < -0.39 is 0 Å². The predicted molar refractivity (Wildman–Crippen MR) is 114 cm³/mol. The van der Waals surface area contributed by atoms with Gasteiger partial charge >= 0.3 is 0 Å². The lowest BCUT2D eigenvalue weighted by Gasteiger charge is -2.33. The number of hydrogen-bond acceptors (Lipinski definition) is 6. The smallest absolute Gasteiger partial charge is 0.161 e. The summed E-state index contributed by atoms with van der Waals surface area (Å²) in [5.74, 6) is 2.29. The molecule has 1 aromatic carbocycles. The Morgan fingerprint density at radius 2 is 1.61 bits per heavy atom. The molecule has 28 heavy (non-hydrogen) atoms. The number of benzene rings is 1. The molecular formula is C21H28N6O. The molecule has 0 radical (unpaired) electrons. The van der Waals surface area contributed by atoms with E-state index in [-0.39, 0.29) is 0 Å². The number of ether oxygens (including phenoxy) is 1. The summed E-state index contributed by atoms with van der Waals surface area (Å²) >= 11 is 0. The Hall–Kier alpha value is -2.80. The summed E-state index contributed by atoms with van der Waals surface area (Å²) in [5, 5.41) is 10.9. The van der Waals surface area contributed by atoms with E-state index in [1.54, 1.807) is 0 Å². The summed E-state index contributed by atoms with van der Waals surface area (Å²) < 4.78 is 7.82. The van der Waals surface area contributed by atoms with E-state index in [9.17, 15) is 0 Å². The van der Waals surface area contributed by atoms with E-state index in [2.05, 4.69) is 57.6 Å². The number of aryl methyl sites for hydroxylation is 2. The van der Waals surface area contributed by atoms with Crippen LogP contribution in [-0.4, -0.2) is 59.5 Å². The molecule has 7 nitrogen and oxygen atoms in total. The van der Waals surface area contributed by atoms with Crippen LogP contribution in [0, 0.1) is 13.8 Å². The SMILES string of the molecule is CCOc1ccc(-n2c(C)c3c(N)nnc(N4CCN(C)CC4)c3c2C)cc1. The number of nitrogen functional groups attached to an aromatic ring is 1. The first-order chi connectivity index (χ1) is 13.5. The van der Waals surface area contributed by atoms with Crippen LogP contribution in [0.3, 0.4) is 0 Å². The fraction of sp³-hybridized carbons (Fsp3) is 0.429. The lowest BCUT2D eigenvalue weighted by Crippen LogP contribution is -2.45. The Labute approximate surface area is 165 Å². The Balaban J connectivity index is 1.85. The molecule has 0 saturated carbocycles. The minimum absolute atomic E-state index is 0.484. The maximum Gasteiger partial charge on any atom is 0.161 e. The summed E-state index contributed by atoms with van der Waals surface area (Å²) in [6, 6.07) is 8.17. The zero-order valence-electron chi connectivity index (χ0n) is 17.1. The summed E-state index contributed by atoms with van der Waals surface area (Å²) in [5.41, 5.74) is 9.56. The van der Waals surface area contributed by atoms with Crippen LogP contribution < -0.4 is 15.4 Å². The molecule has 2 N–H and O–H groups in total. The molecule has 1 aliphatic rings. The highest BCUT2D eigenvalue weighted by atomic mass is 16.5. The lowest BCUT2D eigenvalue weighted by atomic mass is 10.2. The van der Waals surface area contributed by atoms with Gasteiger partial charge in [0.05, 0.1) is 17.4 Å². The summed E-state index contributed by atoms with van der Waals surface area (Å²) in [4.78, 5) is 4.66. The number of rotatable bonds is 4. The number of fused-ring (bicyclic) bond motifs is 1. The number of hydrogen-bond donors (Lipinski definition) is 1. The maximum atomic E-state index is 6.27. The van der Waals surface area contributed by atoms with E-state index >= 15 is 0 Å². The van der Waals surface area contributed by atoms with Crippen LogP contribution in [-0.2, 0) is 0 Å². The summed E-state index contributed by atoms with van der Waals surface area (Å²) in [7, 11) is 2.15. The molecule has 4 rings (SSSR count). The number of likely N-dealkylation sites (N-methyl/N-ethyl adjacent to an activating group) is 1.